The highest BCUT2D eigenvalue weighted by atomic mass is 32.2. The topological polar surface area (TPSA) is 98.4 Å². The van der Waals surface area contributed by atoms with Gasteiger partial charge in [0.25, 0.3) is 0 Å². The fourth-order valence-electron chi connectivity index (χ4n) is 1.80. The van der Waals surface area contributed by atoms with E-state index in [0.717, 1.165) is 0 Å². The van der Waals surface area contributed by atoms with Crippen LogP contribution in [0.1, 0.15) is 5.82 Å². The van der Waals surface area contributed by atoms with E-state index in [1.54, 1.807) is 13.2 Å². The summed E-state index contributed by atoms with van der Waals surface area (Å²) in [6.45, 7) is 1.15. The third-order valence-electron chi connectivity index (χ3n) is 2.72. The Kier molecular flexibility index (Phi) is 3.67. The number of nitrogens with zero attached hydrogens (tertiary/aromatic N) is 3. The van der Waals surface area contributed by atoms with Crippen LogP contribution in [-0.4, -0.2) is 50.1 Å². The molecule has 0 saturated carbocycles. The second-order valence-corrected chi connectivity index (χ2v) is 6.44. The summed E-state index contributed by atoms with van der Waals surface area (Å²) < 4.78 is 27.7. The predicted molar refractivity (Wildman–Crippen MR) is 68.0 cm³/mol. The molecule has 8 heteroatoms. The third-order valence-corrected chi connectivity index (χ3v) is 4.33. The van der Waals surface area contributed by atoms with Gasteiger partial charge in [-0.25, -0.2) is 18.4 Å². The lowest BCUT2D eigenvalue weighted by atomic mass is 10.4. The van der Waals surface area contributed by atoms with Crippen LogP contribution >= 0.6 is 0 Å². The van der Waals surface area contributed by atoms with E-state index in [4.69, 9.17) is 10.5 Å². The molecule has 1 aliphatic rings. The molecule has 2 heterocycles. The highest BCUT2D eigenvalue weighted by Crippen LogP contribution is 2.17. The van der Waals surface area contributed by atoms with Crippen LogP contribution in [0.3, 0.4) is 0 Å². The number of methoxy groups -OCH3 is 1. The molecule has 0 bridgehead atoms. The molecule has 2 rings (SSSR count). The fraction of sp³-hybridized carbons (Fsp3) is 0.600. The van der Waals surface area contributed by atoms with Crippen molar-refractivity contribution in [1.29, 1.82) is 0 Å². The summed E-state index contributed by atoms with van der Waals surface area (Å²) in [5.74, 6) is 1.82. The zero-order valence-corrected chi connectivity index (χ0v) is 11.0. The van der Waals surface area contributed by atoms with Crippen LogP contribution in [0, 0.1) is 0 Å². The van der Waals surface area contributed by atoms with Gasteiger partial charge in [0, 0.05) is 26.3 Å². The van der Waals surface area contributed by atoms with Gasteiger partial charge in [0.15, 0.2) is 15.7 Å². The molecule has 0 aromatic carbocycles. The van der Waals surface area contributed by atoms with E-state index in [1.165, 1.54) is 0 Å². The van der Waals surface area contributed by atoms with Gasteiger partial charge in [0.05, 0.1) is 11.5 Å². The molecule has 0 unspecified atom stereocenters. The quantitative estimate of drug-likeness (QED) is 0.787. The monoisotopic (exact) mass is 272 g/mol. The third kappa shape index (κ3) is 3.08. The normalized spacial score (nSPS) is 18.8. The SMILES string of the molecule is COCc1nc(N)cc(N2CCS(=O)(=O)CC2)n1. The molecule has 0 aliphatic carbocycles. The first-order chi connectivity index (χ1) is 8.50. The minimum absolute atomic E-state index is 0.149. The maximum absolute atomic E-state index is 11.4. The van der Waals surface area contributed by atoms with Crippen molar-refractivity contribution >= 4 is 21.5 Å². The van der Waals surface area contributed by atoms with Crippen molar-refractivity contribution in [2.24, 2.45) is 0 Å². The first-order valence-electron chi connectivity index (χ1n) is 5.58. The molecule has 0 spiro atoms. The van der Waals surface area contributed by atoms with E-state index < -0.39 is 9.84 Å². The summed E-state index contributed by atoms with van der Waals surface area (Å²) >= 11 is 0. The van der Waals surface area contributed by atoms with Crippen LogP contribution < -0.4 is 10.6 Å². The standard InChI is InChI=1S/C10H16N4O3S/c1-17-7-9-12-8(11)6-10(13-9)14-2-4-18(15,16)5-3-14/h6H,2-5,7H2,1H3,(H2,11,12,13). The Hall–Kier alpha value is -1.41. The van der Waals surface area contributed by atoms with Crippen molar-refractivity contribution in [3.05, 3.63) is 11.9 Å². The van der Waals surface area contributed by atoms with E-state index >= 15 is 0 Å². The number of nitrogens with two attached hydrogens (primary N) is 1. The summed E-state index contributed by atoms with van der Waals surface area (Å²) in [5.41, 5.74) is 5.70. The lowest BCUT2D eigenvalue weighted by Gasteiger charge is -2.27. The van der Waals surface area contributed by atoms with Crippen molar-refractivity contribution < 1.29 is 13.2 Å². The molecule has 0 radical (unpaired) electrons. The van der Waals surface area contributed by atoms with Gasteiger partial charge in [-0.15, -0.1) is 0 Å². The Labute approximate surface area is 106 Å². The Morgan fingerprint density at radius 1 is 1.39 bits per heavy atom. The lowest BCUT2D eigenvalue weighted by Crippen LogP contribution is -2.40. The molecule has 7 nitrogen and oxygen atoms in total. The minimum atomic E-state index is -2.90. The van der Waals surface area contributed by atoms with Gasteiger partial charge < -0.3 is 15.4 Å². The number of aromatic nitrogens is 2. The largest absolute Gasteiger partial charge is 0.384 e. The second kappa shape index (κ2) is 5.07. The smallest absolute Gasteiger partial charge is 0.158 e. The van der Waals surface area contributed by atoms with Crippen molar-refractivity contribution in [2.75, 3.05) is 42.3 Å². The molecule has 1 saturated heterocycles. The van der Waals surface area contributed by atoms with Gasteiger partial charge in [0.2, 0.25) is 0 Å². The average molecular weight is 272 g/mol. The average Bonchev–Trinajstić information content (AvgIpc) is 2.28. The zero-order chi connectivity index (χ0) is 13.2. The van der Waals surface area contributed by atoms with Crippen molar-refractivity contribution in [2.45, 2.75) is 6.61 Å². The summed E-state index contributed by atoms with van der Waals surface area (Å²) in [6.07, 6.45) is 0. The number of nitrogen functional groups attached to an aromatic ring is 1. The van der Waals surface area contributed by atoms with Crippen LogP contribution in [0.2, 0.25) is 0 Å². The number of sulfone groups is 1. The molecular weight excluding hydrogens is 256 g/mol. The molecule has 18 heavy (non-hydrogen) atoms. The summed E-state index contributed by atoms with van der Waals surface area (Å²) in [6, 6.07) is 1.65. The Bertz CT molecular complexity index is 518. The molecule has 1 aromatic heterocycles. The summed E-state index contributed by atoms with van der Waals surface area (Å²) in [4.78, 5) is 10.3. The zero-order valence-electron chi connectivity index (χ0n) is 10.2. The Balaban J connectivity index is 2.18. The van der Waals surface area contributed by atoms with Crippen LogP contribution in [0.15, 0.2) is 6.07 Å². The lowest BCUT2D eigenvalue weighted by molar-refractivity contribution is 0.178. The molecule has 100 valence electrons. The molecule has 2 N–H and O–H groups in total. The van der Waals surface area contributed by atoms with E-state index in [0.29, 0.717) is 30.5 Å². The van der Waals surface area contributed by atoms with E-state index in [9.17, 15) is 8.42 Å². The maximum Gasteiger partial charge on any atom is 0.158 e. The first kappa shape index (κ1) is 13.0. The molecule has 1 aliphatic heterocycles. The number of ether oxygens (including phenoxy) is 1. The van der Waals surface area contributed by atoms with Gasteiger partial charge in [-0.2, -0.15) is 0 Å². The molecule has 0 amide bonds. The van der Waals surface area contributed by atoms with Crippen LogP contribution in [0.4, 0.5) is 11.6 Å². The molecular formula is C10H16N4O3S. The second-order valence-electron chi connectivity index (χ2n) is 4.14. The van der Waals surface area contributed by atoms with Gasteiger partial charge in [-0.1, -0.05) is 0 Å². The Morgan fingerprint density at radius 2 is 2.06 bits per heavy atom. The highest BCUT2D eigenvalue weighted by molar-refractivity contribution is 7.91. The van der Waals surface area contributed by atoms with E-state index in [-0.39, 0.29) is 18.1 Å². The highest BCUT2D eigenvalue weighted by Gasteiger charge is 2.23. The van der Waals surface area contributed by atoms with Crippen molar-refractivity contribution in [3.8, 4) is 0 Å². The van der Waals surface area contributed by atoms with E-state index in [2.05, 4.69) is 9.97 Å². The number of anilines is 2. The van der Waals surface area contributed by atoms with Crippen molar-refractivity contribution in [1.82, 2.24) is 9.97 Å². The minimum Gasteiger partial charge on any atom is -0.384 e. The van der Waals surface area contributed by atoms with Gasteiger partial charge in [0.1, 0.15) is 18.2 Å². The maximum atomic E-state index is 11.4. The summed E-state index contributed by atoms with van der Waals surface area (Å²) in [7, 11) is -1.34. The van der Waals surface area contributed by atoms with Gasteiger partial charge >= 0.3 is 0 Å². The van der Waals surface area contributed by atoms with Gasteiger partial charge in [-0.05, 0) is 0 Å². The fourth-order valence-corrected chi connectivity index (χ4v) is 3.00. The van der Waals surface area contributed by atoms with Crippen LogP contribution in [0.5, 0.6) is 0 Å². The summed E-state index contributed by atoms with van der Waals surface area (Å²) in [5, 5.41) is 0. The van der Waals surface area contributed by atoms with Gasteiger partial charge in [-0.3, -0.25) is 0 Å². The molecule has 0 atom stereocenters. The number of hydrogen-bond donors (Lipinski definition) is 1. The molecule has 1 aromatic rings. The molecule has 1 fully saturated rings. The number of rotatable bonds is 3. The van der Waals surface area contributed by atoms with Crippen molar-refractivity contribution in [3.63, 3.8) is 0 Å². The first-order valence-corrected chi connectivity index (χ1v) is 7.40. The predicted octanol–water partition coefficient (Wildman–Crippen LogP) is -0.560. The number of hydrogen-bond acceptors (Lipinski definition) is 7. The van der Waals surface area contributed by atoms with E-state index in [1.807, 2.05) is 4.90 Å². The Morgan fingerprint density at radius 3 is 2.67 bits per heavy atom. The van der Waals surface area contributed by atoms with Crippen LogP contribution in [0.25, 0.3) is 0 Å². The van der Waals surface area contributed by atoms with Crippen LogP contribution in [-0.2, 0) is 21.2 Å².